The van der Waals surface area contributed by atoms with Crippen LogP contribution in [-0.4, -0.2) is 58.0 Å². The summed E-state index contributed by atoms with van der Waals surface area (Å²) in [5, 5.41) is 10.8. The Kier molecular flexibility index (Phi) is 5.59. The minimum atomic E-state index is -0.867. The Morgan fingerprint density at radius 1 is 1.06 bits per heavy atom. The van der Waals surface area contributed by atoms with E-state index in [-0.39, 0.29) is 38.8 Å². The summed E-state index contributed by atoms with van der Waals surface area (Å²) in [5.41, 5.74) is 6.75. The molecule has 5 rings (SSSR count). The van der Waals surface area contributed by atoms with Gasteiger partial charge in [0.2, 0.25) is 0 Å². The van der Waals surface area contributed by atoms with E-state index in [0.29, 0.717) is 10.3 Å². The summed E-state index contributed by atoms with van der Waals surface area (Å²) in [6.07, 6.45) is 0. The lowest BCUT2D eigenvalue weighted by atomic mass is 10.1. The Morgan fingerprint density at radius 3 is 2.44 bits per heavy atom. The van der Waals surface area contributed by atoms with Crippen LogP contribution >= 0.6 is 11.6 Å². The lowest BCUT2D eigenvalue weighted by molar-refractivity contribution is 0.187. The maximum absolute atomic E-state index is 14.4. The Morgan fingerprint density at radius 2 is 1.76 bits per heavy atom. The number of nitrogen functional groups attached to an aromatic ring is 1. The molecule has 4 aromatic rings. The van der Waals surface area contributed by atoms with Gasteiger partial charge in [0, 0.05) is 43.0 Å². The molecule has 0 bridgehead atoms. The van der Waals surface area contributed by atoms with E-state index in [1.807, 2.05) is 24.3 Å². The number of rotatable bonds is 3. The van der Waals surface area contributed by atoms with Crippen molar-refractivity contribution in [3.63, 3.8) is 0 Å². The number of anilines is 2. The van der Waals surface area contributed by atoms with Crippen LogP contribution in [0, 0.1) is 5.82 Å². The third kappa shape index (κ3) is 3.82. The zero-order valence-corrected chi connectivity index (χ0v) is 19.1. The van der Waals surface area contributed by atoms with Crippen LogP contribution in [0.15, 0.2) is 53.3 Å². The number of nitrogens with two attached hydrogens (primary N) is 1. The lowest BCUT2D eigenvalue weighted by Crippen LogP contribution is -2.44. The van der Waals surface area contributed by atoms with Gasteiger partial charge in [-0.15, -0.1) is 4.73 Å². The fourth-order valence-electron chi connectivity index (χ4n) is 4.14. The van der Waals surface area contributed by atoms with E-state index in [1.54, 1.807) is 0 Å². The van der Waals surface area contributed by atoms with Crippen molar-refractivity contribution in [2.24, 2.45) is 0 Å². The number of nitrogens with zero attached hydrogens (tertiary/aromatic N) is 5. The minimum Gasteiger partial charge on any atom is -0.423 e. The Balaban J connectivity index is 1.56. The molecule has 1 aliphatic heterocycles. The number of benzene rings is 2. The third-order valence-electron chi connectivity index (χ3n) is 6.09. The van der Waals surface area contributed by atoms with Crippen LogP contribution in [-0.2, 0) is 0 Å². The van der Waals surface area contributed by atoms with E-state index in [9.17, 15) is 14.4 Å². The number of hydrogen-bond donors (Lipinski definition) is 2. The highest BCUT2D eigenvalue weighted by Gasteiger charge is 2.20. The molecule has 0 saturated carbocycles. The van der Waals surface area contributed by atoms with E-state index in [0.717, 1.165) is 31.9 Å². The molecule has 34 heavy (non-hydrogen) atoms. The van der Waals surface area contributed by atoms with Crippen LogP contribution in [0.5, 0.6) is 0 Å². The van der Waals surface area contributed by atoms with Crippen LogP contribution in [0.3, 0.4) is 0 Å². The van der Waals surface area contributed by atoms with Gasteiger partial charge in [-0.1, -0.05) is 17.7 Å². The van der Waals surface area contributed by atoms with E-state index >= 15 is 0 Å². The second-order valence-electron chi connectivity index (χ2n) is 8.28. The molecule has 10 heteroatoms. The third-order valence-corrected chi connectivity index (χ3v) is 6.41. The predicted molar refractivity (Wildman–Crippen MR) is 131 cm³/mol. The Bertz CT molecular complexity index is 1430. The quantitative estimate of drug-likeness (QED) is 0.433. The maximum Gasteiger partial charge on any atom is 0.292 e. The average Bonchev–Trinajstić information content (AvgIpc) is 2.83. The largest absolute Gasteiger partial charge is 0.423 e. The predicted octanol–water partition coefficient (Wildman–Crippen LogP) is 3.49. The molecular formula is C24H22ClFN6O2. The fraction of sp³-hybridized carbons (Fsp3) is 0.208. The summed E-state index contributed by atoms with van der Waals surface area (Å²) in [5.74, 6) is -0.394. The molecule has 174 valence electrons. The fourth-order valence-corrected chi connectivity index (χ4v) is 4.40. The summed E-state index contributed by atoms with van der Waals surface area (Å²) >= 11 is 6.12. The van der Waals surface area contributed by atoms with Crippen molar-refractivity contribution in [1.29, 1.82) is 0 Å². The molecule has 0 radical (unpaired) electrons. The number of likely N-dealkylation sites (N-methyl/N-ethyl adjacent to an activating group) is 1. The molecule has 2 aromatic carbocycles. The van der Waals surface area contributed by atoms with Gasteiger partial charge in [-0.05, 0) is 49.5 Å². The van der Waals surface area contributed by atoms with Gasteiger partial charge < -0.3 is 20.7 Å². The molecule has 1 aliphatic rings. The van der Waals surface area contributed by atoms with E-state index < -0.39 is 11.4 Å². The molecule has 0 unspecified atom stereocenters. The summed E-state index contributed by atoms with van der Waals surface area (Å²) in [7, 11) is 2.11. The lowest BCUT2D eigenvalue weighted by Gasteiger charge is -2.34. The van der Waals surface area contributed by atoms with Gasteiger partial charge in [-0.25, -0.2) is 14.4 Å². The highest BCUT2D eigenvalue weighted by Crippen LogP contribution is 2.32. The minimum absolute atomic E-state index is 0.0352. The van der Waals surface area contributed by atoms with Gasteiger partial charge in [0.25, 0.3) is 5.56 Å². The van der Waals surface area contributed by atoms with Crippen molar-refractivity contribution in [3.05, 3.63) is 69.7 Å². The molecule has 3 N–H and O–H groups in total. The number of aromatic nitrogens is 3. The van der Waals surface area contributed by atoms with Crippen LogP contribution in [0.1, 0.15) is 0 Å². The highest BCUT2D eigenvalue weighted by molar-refractivity contribution is 6.33. The van der Waals surface area contributed by atoms with Crippen LogP contribution < -0.4 is 16.2 Å². The molecule has 2 aromatic heterocycles. The smallest absolute Gasteiger partial charge is 0.292 e. The molecule has 8 nitrogen and oxygen atoms in total. The SMILES string of the molecule is CN1CCN(c2ccc(-c3nc(N)c4cc(-c5c(F)cccc5Cl)c(=O)n(O)c4n3)cc2)CC1. The van der Waals surface area contributed by atoms with Crippen molar-refractivity contribution in [1.82, 2.24) is 19.6 Å². The van der Waals surface area contributed by atoms with Crippen molar-refractivity contribution in [3.8, 4) is 22.5 Å². The molecule has 0 aliphatic carbocycles. The van der Waals surface area contributed by atoms with Crippen molar-refractivity contribution in [2.75, 3.05) is 43.9 Å². The molecule has 1 fully saturated rings. The first kappa shape index (κ1) is 22.1. The van der Waals surface area contributed by atoms with Gasteiger partial charge >= 0.3 is 0 Å². The Labute approximate surface area is 199 Å². The van der Waals surface area contributed by atoms with Gasteiger partial charge in [0.15, 0.2) is 11.5 Å². The molecule has 0 atom stereocenters. The first-order valence-corrected chi connectivity index (χ1v) is 11.1. The summed E-state index contributed by atoms with van der Waals surface area (Å²) in [6.45, 7) is 3.89. The van der Waals surface area contributed by atoms with Gasteiger partial charge in [0.05, 0.1) is 16.0 Å². The normalized spacial score (nSPS) is 14.6. The zero-order chi connectivity index (χ0) is 24.0. The standard InChI is InChI=1S/C24H22ClFN6O2/c1-30-9-11-31(12-10-30)15-7-5-14(6-8-15)22-28-21(27)17-13-16(24(33)32(34)23(17)29-22)20-18(25)3-2-4-19(20)26/h2-8,13,34H,9-12H2,1H3,(H2,27,28,29). The van der Waals surface area contributed by atoms with E-state index in [4.69, 9.17) is 17.3 Å². The first-order valence-electron chi connectivity index (χ1n) is 10.7. The maximum atomic E-state index is 14.4. The van der Waals surface area contributed by atoms with Gasteiger partial charge in [-0.3, -0.25) is 4.79 Å². The summed E-state index contributed by atoms with van der Waals surface area (Å²) in [4.78, 5) is 26.2. The number of pyridine rings is 1. The average molecular weight is 481 g/mol. The molecular weight excluding hydrogens is 459 g/mol. The number of hydrogen-bond acceptors (Lipinski definition) is 7. The van der Waals surface area contributed by atoms with Gasteiger partial charge in [-0.2, -0.15) is 0 Å². The second kappa shape index (κ2) is 8.58. The van der Waals surface area contributed by atoms with Crippen LogP contribution in [0.2, 0.25) is 5.02 Å². The topological polar surface area (TPSA) is 101 Å². The zero-order valence-electron chi connectivity index (χ0n) is 18.4. The molecule has 3 heterocycles. The molecule has 1 saturated heterocycles. The molecule has 0 amide bonds. The monoisotopic (exact) mass is 480 g/mol. The first-order chi connectivity index (χ1) is 16.3. The van der Waals surface area contributed by atoms with E-state index in [2.05, 4.69) is 26.8 Å². The number of piperazine rings is 1. The summed E-state index contributed by atoms with van der Waals surface area (Å²) in [6, 6.07) is 13.1. The molecule has 0 spiro atoms. The highest BCUT2D eigenvalue weighted by atomic mass is 35.5. The van der Waals surface area contributed by atoms with Crippen molar-refractivity contribution in [2.45, 2.75) is 0 Å². The Hall–Kier alpha value is -3.69. The van der Waals surface area contributed by atoms with Crippen LogP contribution in [0.4, 0.5) is 15.9 Å². The van der Waals surface area contributed by atoms with Crippen LogP contribution in [0.25, 0.3) is 33.5 Å². The van der Waals surface area contributed by atoms with Crippen molar-refractivity contribution < 1.29 is 9.60 Å². The summed E-state index contributed by atoms with van der Waals surface area (Å²) < 4.78 is 14.8. The second-order valence-corrected chi connectivity index (χ2v) is 8.69. The van der Waals surface area contributed by atoms with Crippen molar-refractivity contribution >= 4 is 34.1 Å². The number of fused-ring (bicyclic) bond motifs is 1. The van der Waals surface area contributed by atoms with E-state index in [1.165, 1.54) is 24.3 Å². The van der Waals surface area contributed by atoms with Gasteiger partial charge in [0.1, 0.15) is 11.6 Å². The number of halogens is 2.